The second-order valence-electron chi connectivity index (χ2n) is 13.9. The molecule has 0 amide bonds. The van der Waals surface area contributed by atoms with E-state index in [1.807, 2.05) is 146 Å². The summed E-state index contributed by atoms with van der Waals surface area (Å²) >= 11 is 0. The minimum atomic E-state index is 0.616. The molecule has 0 radical (unpaired) electrons. The van der Waals surface area contributed by atoms with Gasteiger partial charge in [-0.1, -0.05) is 194 Å². The molecule has 0 aliphatic heterocycles. The van der Waals surface area contributed by atoms with Crippen LogP contribution in [-0.2, 0) is 0 Å². The minimum Gasteiger partial charge on any atom is -0.298 e. The van der Waals surface area contributed by atoms with E-state index in [-0.39, 0.29) is 0 Å². The van der Waals surface area contributed by atoms with Crippen molar-refractivity contribution in [3.8, 4) is 44.5 Å². The van der Waals surface area contributed by atoms with Gasteiger partial charge in [0, 0.05) is 22.3 Å². The molecule has 4 nitrogen and oxygen atoms in total. The highest BCUT2D eigenvalue weighted by molar-refractivity contribution is 6.05. The van der Waals surface area contributed by atoms with E-state index >= 15 is 0 Å². The molecule has 0 fully saturated rings. The lowest BCUT2D eigenvalue weighted by atomic mass is 9.83. The predicted molar refractivity (Wildman–Crippen MR) is 234 cm³/mol. The fraction of sp³-hybridized carbons (Fsp3) is 0. The summed E-state index contributed by atoms with van der Waals surface area (Å²) in [5, 5.41) is 0. The van der Waals surface area contributed by atoms with E-state index < -0.39 is 0 Å². The van der Waals surface area contributed by atoms with Crippen LogP contribution in [0.4, 0.5) is 0 Å². The van der Waals surface area contributed by atoms with E-state index in [2.05, 4.69) is 48.5 Å². The predicted octanol–water partition coefficient (Wildman–Crippen LogP) is 12.6. The lowest BCUT2D eigenvalue weighted by Gasteiger charge is -2.20. The van der Waals surface area contributed by atoms with Crippen LogP contribution in [0.1, 0.15) is 63.7 Å². The quantitative estimate of drug-likeness (QED) is 0.0921. The first-order chi connectivity index (χ1) is 28.6. The van der Waals surface area contributed by atoms with Crippen LogP contribution in [0.5, 0.6) is 0 Å². The molecule has 0 aliphatic carbocycles. The van der Waals surface area contributed by atoms with Crippen molar-refractivity contribution >= 4 is 36.3 Å². The Bertz CT molecular complexity index is 2420. The second kappa shape index (κ2) is 16.9. The normalized spacial score (nSPS) is 10.7. The molecular formula is C54H36O4. The van der Waals surface area contributed by atoms with E-state index in [4.69, 9.17) is 0 Å². The Hall–Kier alpha value is -7.82. The SMILES string of the molecule is O=Cc1ccccc1-c1ccc(C(=C(c2ccc(-c3ccccc3C=O)cc2)c2ccc(-c3ccccc3C=O)cc2)c2ccc(-c3ccccc3C=O)cc2)cc1. The maximum atomic E-state index is 12.0. The minimum absolute atomic E-state index is 0.616. The van der Waals surface area contributed by atoms with Crippen LogP contribution in [0.25, 0.3) is 55.7 Å². The van der Waals surface area contributed by atoms with Crippen LogP contribution < -0.4 is 0 Å². The molecule has 58 heavy (non-hydrogen) atoms. The van der Waals surface area contributed by atoms with Gasteiger partial charge in [-0.15, -0.1) is 0 Å². The summed E-state index contributed by atoms with van der Waals surface area (Å²) in [6, 6.07) is 63.3. The first-order valence-corrected chi connectivity index (χ1v) is 18.9. The summed E-state index contributed by atoms with van der Waals surface area (Å²) in [6.07, 6.45) is 3.52. The highest BCUT2D eigenvalue weighted by Crippen LogP contribution is 2.40. The fourth-order valence-electron chi connectivity index (χ4n) is 7.63. The van der Waals surface area contributed by atoms with Gasteiger partial charge in [-0.2, -0.15) is 0 Å². The molecule has 276 valence electrons. The highest BCUT2D eigenvalue weighted by atomic mass is 16.1. The molecular weight excluding hydrogens is 713 g/mol. The summed E-state index contributed by atoms with van der Waals surface area (Å²) in [7, 11) is 0. The van der Waals surface area contributed by atoms with Gasteiger partial charge in [-0.05, 0) is 77.9 Å². The Balaban J connectivity index is 1.36. The van der Waals surface area contributed by atoms with Crippen LogP contribution in [0.3, 0.4) is 0 Å². The Morgan fingerprint density at radius 1 is 0.241 bits per heavy atom. The van der Waals surface area contributed by atoms with E-state index in [1.165, 1.54) is 0 Å². The topological polar surface area (TPSA) is 68.3 Å². The molecule has 0 aromatic heterocycles. The van der Waals surface area contributed by atoms with Crippen molar-refractivity contribution in [1.82, 2.24) is 0 Å². The van der Waals surface area contributed by atoms with Crippen LogP contribution in [0.2, 0.25) is 0 Å². The molecule has 0 saturated carbocycles. The molecule has 0 spiro atoms. The summed E-state index contributed by atoms with van der Waals surface area (Å²) in [4.78, 5) is 47.9. The van der Waals surface area contributed by atoms with E-state index in [9.17, 15) is 19.2 Å². The van der Waals surface area contributed by atoms with Crippen molar-refractivity contribution in [1.29, 1.82) is 0 Å². The molecule has 4 heteroatoms. The maximum absolute atomic E-state index is 12.0. The summed E-state index contributed by atoms with van der Waals surface area (Å²) in [5.41, 5.74) is 15.3. The highest BCUT2D eigenvalue weighted by Gasteiger charge is 2.19. The third-order valence-electron chi connectivity index (χ3n) is 10.5. The van der Waals surface area contributed by atoms with Gasteiger partial charge in [0.05, 0.1) is 0 Å². The second-order valence-corrected chi connectivity index (χ2v) is 13.9. The van der Waals surface area contributed by atoms with Gasteiger partial charge >= 0.3 is 0 Å². The largest absolute Gasteiger partial charge is 0.298 e. The number of benzene rings is 8. The number of carbonyl (C=O) groups excluding carboxylic acids is 4. The van der Waals surface area contributed by atoms with E-state index in [0.717, 1.165) is 103 Å². The average molecular weight is 749 g/mol. The molecule has 8 aromatic rings. The van der Waals surface area contributed by atoms with Crippen LogP contribution in [-0.4, -0.2) is 25.1 Å². The van der Waals surface area contributed by atoms with Crippen molar-refractivity contribution in [2.75, 3.05) is 0 Å². The third-order valence-corrected chi connectivity index (χ3v) is 10.5. The summed E-state index contributed by atoms with van der Waals surface area (Å²) < 4.78 is 0. The Morgan fingerprint density at radius 3 is 0.621 bits per heavy atom. The van der Waals surface area contributed by atoms with Crippen LogP contribution in [0.15, 0.2) is 194 Å². The number of rotatable bonds is 12. The number of carbonyl (C=O) groups is 4. The molecule has 8 aromatic carbocycles. The molecule has 0 saturated heterocycles. The van der Waals surface area contributed by atoms with Gasteiger partial charge in [0.1, 0.15) is 0 Å². The smallest absolute Gasteiger partial charge is 0.150 e. The zero-order chi connectivity index (χ0) is 39.8. The molecule has 0 heterocycles. The first kappa shape index (κ1) is 37.1. The summed E-state index contributed by atoms with van der Waals surface area (Å²) in [5.74, 6) is 0. The molecule has 0 aliphatic rings. The van der Waals surface area contributed by atoms with Gasteiger partial charge in [-0.3, -0.25) is 19.2 Å². The van der Waals surface area contributed by atoms with Crippen LogP contribution in [0, 0.1) is 0 Å². The zero-order valence-electron chi connectivity index (χ0n) is 31.4. The molecule has 0 atom stereocenters. The first-order valence-electron chi connectivity index (χ1n) is 18.9. The van der Waals surface area contributed by atoms with E-state index in [0.29, 0.717) is 22.3 Å². The zero-order valence-corrected chi connectivity index (χ0v) is 31.4. The van der Waals surface area contributed by atoms with Crippen molar-refractivity contribution < 1.29 is 19.2 Å². The lowest BCUT2D eigenvalue weighted by molar-refractivity contribution is 0.111. The molecule has 0 bridgehead atoms. The Kier molecular flexibility index (Phi) is 10.8. The van der Waals surface area contributed by atoms with Crippen molar-refractivity contribution in [2.45, 2.75) is 0 Å². The molecule has 8 rings (SSSR count). The monoisotopic (exact) mass is 748 g/mol. The number of hydrogen-bond donors (Lipinski definition) is 0. The molecule has 0 unspecified atom stereocenters. The summed E-state index contributed by atoms with van der Waals surface area (Å²) in [6.45, 7) is 0. The standard InChI is InChI=1S/C54H36O4/c55-33-45-9-1-5-13-49(45)37-17-25-41(26-18-37)53(42-27-19-38(20-28-42)50-14-6-2-10-46(50)34-56)54(43-29-21-39(22-30-43)51-15-7-3-11-47(51)35-57)44-31-23-40(24-32-44)52-16-8-4-12-48(52)36-58/h1-36H. The van der Waals surface area contributed by atoms with Crippen LogP contribution >= 0.6 is 0 Å². The number of hydrogen-bond acceptors (Lipinski definition) is 4. The maximum Gasteiger partial charge on any atom is 0.150 e. The van der Waals surface area contributed by atoms with Gasteiger partial charge in [-0.25, -0.2) is 0 Å². The number of aldehydes is 4. The van der Waals surface area contributed by atoms with Gasteiger partial charge in [0.2, 0.25) is 0 Å². The van der Waals surface area contributed by atoms with Crippen molar-refractivity contribution in [3.63, 3.8) is 0 Å². The molecule has 0 N–H and O–H groups in total. The fourth-order valence-corrected chi connectivity index (χ4v) is 7.63. The van der Waals surface area contributed by atoms with Gasteiger partial charge in [0.25, 0.3) is 0 Å². The van der Waals surface area contributed by atoms with Gasteiger partial charge in [0.15, 0.2) is 25.1 Å². The van der Waals surface area contributed by atoms with Gasteiger partial charge < -0.3 is 0 Å². The third kappa shape index (κ3) is 7.43. The van der Waals surface area contributed by atoms with E-state index in [1.54, 1.807) is 0 Å². The Labute approximate surface area is 337 Å². The lowest BCUT2D eigenvalue weighted by Crippen LogP contribution is -1.99. The van der Waals surface area contributed by atoms with Crippen molar-refractivity contribution in [3.05, 3.63) is 239 Å². The Morgan fingerprint density at radius 2 is 0.431 bits per heavy atom. The van der Waals surface area contributed by atoms with Crippen molar-refractivity contribution in [2.24, 2.45) is 0 Å². The average Bonchev–Trinajstić information content (AvgIpc) is 3.31.